The number of nitrogens with zero attached hydrogens (tertiary/aromatic N) is 2. The molecule has 1 heterocycles. The lowest BCUT2D eigenvalue weighted by Crippen LogP contribution is -2.13. The number of halogens is 1. The van der Waals surface area contributed by atoms with Crippen LogP contribution in [0.15, 0.2) is 18.2 Å². The Kier molecular flexibility index (Phi) is 4.39. The fourth-order valence-electron chi connectivity index (χ4n) is 2.07. The van der Waals surface area contributed by atoms with Crippen LogP contribution in [0, 0.1) is 19.7 Å². The largest absolute Gasteiger partial charge is 0.436 e. The average molecular weight is 277 g/mol. The molecule has 0 aliphatic carbocycles. The van der Waals surface area contributed by atoms with Gasteiger partial charge in [-0.2, -0.15) is 5.10 Å². The highest BCUT2D eigenvalue weighted by Crippen LogP contribution is 2.29. The highest BCUT2D eigenvalue weighted by Gasteiger charge is 2.17. The van der Waals surface area contributed by atoms with Gasteiger partial charge in [-0.05, 0) is 32.0 Å². The van der Waals surface area contributed by atoms with Crippen molar-refractivity contribution >= 4 is 0 Å². The Hall–Kier alpha value is -1.88. The Morgan fingerprint density at radius 1 is 1.35 bits per heavy atom. The second kappa shape index (κ2) is 6.05. The molecule has 1 N–H and O–H groups in total. The van der Waals surface area contributed by atoms with Crippen molar-refractivity contribution in [3.63, 3.8) is 0 Å². The van der Waals surface area contributed by atoms with E-state index in [2.05, 4.69) is 10.4 Å². The molecule has 20 heavy (non-hydrogen) atoms. The molecule has 2 aromatic rings. The van der Waals surface area contributed by atoms with Crippen molar-refractivity contribution in [2.45, 2.75) is 27.3 Å². The Labute approximate surface area is 118 Å². The van der Waals surface area contributed by atoms with Crippen molar-refractivity contribution in [3.05, 3.63) is 40.8 Å². The molecule has 0 saturated heterocycles. The van der Waals surface area contributed by atoms with E-state index < -0.39 is 0 Å². The Morgan fingerprint density at radius 3 is 2.80 bits per heavy atom. The summed E-state index contributed by atoms with van der Waals surface area (Å²) in [6.07, 6.45) is 0. The zero-order valence-electron chi connectivity index (χ0n) is 12.3. The summed E-state index contributed by atoms with van der Waals surface area (Å²) in [6, 6.07) is 5.12. The summed E-state index contributed by atoms with van der Waals surface area (Å²) in [7, 11) is 1.80. The minimum absolute atomic E-state index is 0.228. The third kappa shape index (κ3) is 2.82. The topological polar surface area (TPSA) is 39.1 Å². The molecule has 108 valence electrons. The lowest BCUT2D eigenvalue weighted by Gasteiger charge is -2.10. The van der Waals surface area contributed by atoms with Crippen LogP contribution in [-0.4, -0.2) is 16.3 Å². The first kappa shape index (κ1) is 14.5. The number of aromatic nitrogens is 2. The number of benzene rings is 1. The van der Waals surface area contributed by atoms with Gasteiger partial charge in [0, 0.05) is 13.6 Å². The van der Waals surface area contributed by atoms with Gasteiger partial charge in [-0.25, -0.2) is 9.07 Å². The van der Waals surface area contributed by atoms with Gasteiger partial charge >= 0.3 is 0 Å². The van der Waals surface area contributed by atoms with Crippen molar-refractivity contribution in [3.8, 4) is 11.6 Å². The normalized spacial score (nSPS) is 10.8. The SMILES string of the molecule is CCNCc1c(C)nn(C)c1Oc1cccc(C)c1F. The molecule has 0 atom stereocenters. The highest BCUT2D eigenvalue weighted by molar-refractivity contribution is 5.38. The molecule has 0 radical (unpaired) electrons. The van der Waals surface area contributed by atoms with Crippen LogP contribution in [-0.2, 0) is 13.6 Å². The van der Waals surface area contributed by atoms with Gasteiger partial charge in [0.05, 0.1) is 11.3 Å². The molecule has 1 aromatic heterocycles. The van der Waals surface area contributed by atoms with Crippen LogP contribution >= 0.6 is 0 Å². The molecule has 1 aromatic carbocycles. The van der Waals surface area contributed by atoms with E-state index in [4.69, 9.17) is 4.74 Å². The molecule has 0 aliphatic heterocycles. The van der Waals surface area contributed by atoms with E-state index >= 15 is 0 Å². The van der Waals surface area contributed by atoms with Crippen molar-refractivity contribution in [2.75, 3.05) is 6.54 Å². The smallest absolute Gasteiger partial charge is 0.222 e. The molecule has 4 nitrogen and oxygen atoms in total. The van der Waals surface area contributed by atoms with Gasteiger partial charge < -0.3 is 10.1 Å². The molecule has 0 unspecified atom stereocenters. The van der Waals surface area contributed by atoms with Crippen molar-refractivity contribution in [1.29, 1.82) is 0 Å². The third-order valence-electron chi connectivity index (χ3n) is 3.20. The van der Waals surface area contributed by atoms with Gasteiger partial charge in [0.25, 0.3) is 0 Å². The molecule has 5 heteroatoms. The van der Waals surface area contributed by atoms with Crippen LogP contribution in [0.5, 0.6) is 11.6 Å². The van der Waals surface area contributed by atoms with E-state index in [0.29, 0.717) is 18.0 Å². The van der Waals surface area contributed by atoms with Gasteiger partial charge in [0.2, 0.25) is 5.88 Å². The minimum atomic E-state index is -0.333. The molecule has 0 saturated carbocycles. The van der Waals surface area contributed by atoms with Crippen LogP contribution < -0.4 is 10.1 Å². The lowest BCUT2D eigenvalue weighted by molar-refractivity contribution is 0.397. The number of rotatable bonds is 5. The molecule has 0 bridgehead atoms. The maximum absolute atomic E-state index is 14.0. The van der Waals surface area contributed by atoms with Crippen molar-refractivity contribution < 1.29 is 9.13 Å². The van der Waals surface area contributed by atoms with Crippen LogP contribution in [0.2, 0.25) is 0 Å². The number of aryl methyl sites for hydroxylation is 3. The molecule has 0 fully saturated rings. The molecule has 0 spiro atoms. The van der Waals surface area contributed by atoms with Crippen molar-refractivity contribution in [1.82, 2.24) is 15.1 Å². The second-order valence-electron chi connectivity index (χ2n) is 4.76. The lowest BCUT2D eigenvalue weighted by atomic mass is 10.2. The van der Waals surface area contributed by atoms with E-state index in [0.717, 1.165) is 17.8 Å². The Bertz CT molecular complexity index is 607. The number of nitrogens with one attached hydrogen (secondary N) is 1. The first-order valence-electron chi connectivity index (χ1n) is 6.70. The fourth-order valence-corrected chi connectivity index (χ4v) is 2.07. The summed E-state index contributed by atoms with van der Waals surface area (Å²) in [5.74, 6) is 0.472. The third-order valence-corrected chi connectivity index (χ3v) is 3.20. The molecule has 2 rings (SSSR count). The number of hydrogen-bond acceptors (Lipinski definition) is 3. The van der Waals surface area contributed by atoms with Gasteiger partial charge in [-0.3, -0.25) is 0 Å². The summed E-state index contributed by atoms with van der Waals surface area (Å²) in [5, 5.41) is 7.59. The first-order chi connectivity index (χ1) is 9.54. The quantitative estimate of drug-likeness (QED) is 0.913. The Balaban J connectivity index is 2.35. The number of hydrogen-bond donors (Lipinski definition) is 1. The van der Waals surface area contributed by atoms with Crippen LogP contribution in [0.3, 0.4) is 0 Å². The predicted molar refractivity (Wildman–Crippen MR) is 76.5 cm³/mol. The molecular weight excluding hydrogens is 257 g/mol. The number of ether oxygens (including phenoxy) is 1. The summed E-state index contributed by atoms with van der Waals surface area (Å²) < 4.78 is 21.4. The molecular formula is C15H20FN3O. The minimum Gasteiger partial charge on any atom is -0.436 e. The van der Waals surface area contributed by atoms with E-state index in [1.54, 1.807) is 36.9 Å². The zero-order chi connectivity index (χ0) is 14.7. The maximum atomic E-state index is 14.0. The van der Waals surface area contributed by atoms with Gasteiger partial charge in [0.15, 0.2) is 11.6 Å². The van der Waals surface area contributed by atoms with Gasteiger partial charge in [-0.15, -0.1) is 0 Å². The van der Waals surface area contributed by atoms with E-state index in [9.17, 15) is 4.39 Å². The highest BCUT2D eigenvalue weighted by atomic mass is 19.1. The second-order valence-corrected chi connectivity index (χ2v) is 4.76. The van der Waals surface area contributed by atoms with E-state index in [1.165, 1.54) is 0 Å². The zero-order valence-corrected chi connectivity index (χ0v) is 12.3. The van der Waals surface area contributed by atoms with Crippen LogP contribution in [0.4, 0.5) is 4.39 Å². The standard InChI is InChI=1S/C15H20FN3O/c1-5-17-9-12-11(3)18-19(4)15(12)20-13-8-6-7-10(2)14(13)16/h6-8,17H,5,9H2,1-4H3. The molecule has 0 aliphatic rings. The fraction of sp³-hybridized carbons (Fsp3) is 0.400. The summed E-state index contributed by atoms with van der Waals surface area (Å²) in [5.41, 5.74) is 2.40. The molecule has 0 amide bonds. The first-order valence-corrected chi connectivity index (χ1v) is 6.70. The summed E-state index contributed by atoms with van der Waals surface area (Å²) >= 11 is 0. The van der Waals surface area contributed by atoms with E-state index in [1.807, 2.05) is 13.8 Å². The summed E-state index contributed by atoms with van der Waals surface area (Å²) in [4.78, 5) is 0. The van der Waals surface area contributed by atoms with Gasteiger partial charge in [-0.1, -0.05) is 19.1 Å². The Morgan fingerprint density at radius 2 is 2.10 bits per heavy atom. The van der Waals surface area contributed by atoms with Crippen LogP contribution in [0.1, 0.15) is 23.7 Å². The average Bonchev–Trinajstić information content (AvgIpc) is 2.67. The van der Waals surface area contributed by atoms with E-state index in [-0.39, 0.29) is 11.6 Å². The maximum Gasteiger partial charge on any atom is 0.222 e. The summed E-state index contributed by atoms with van der Waals surface area (Å²) in [6.45, 7) is 7.18. The predicted octanol–water partition coefficient (Wildman–Crippen LogP) is 3.08. The van der Waals surface area contributed by atoms with Gasteiger partial charge in [0.1, 0.15) is 0 Å². The van der Waals surface area contributed by atoms with Crippen LogP contribution in [0.25, 0.3) is 0 Å². The van der Waals surface area contributed by atoms with Crippen molar-refractivity contribution in [2.24, 2.45) is 7.05 Å². The monoisotopic (exact) mass is 277 g/mol.